The lowest BCUT2D eigenvalue weighted by Crippen LogP contribution is -2.43. The average Bonchev–Trinajstić information content (AvgIpc) is 3.33. The van der Waals surface area contributed by atoms with Crippen molar-refractivity contribution in [2.75, 3.05) is 31.1 Å². The van der Waals surface area contributed by atoms with Gasteiger partial charge in [-0.3, -0.25) is 15.0 Å². The fraction of sp³-hybridized carbons (Fsp3) is 0.259. The molecule has 8 nitrogen and oxygen atoms in total. The maximum Gasteiger partial charge on any atom is 0.249 e. The molecule has 1 saturated heterocycles. The maximum atomic E-state index is 12.9. The average molecular weight is 504 g/mol. The monoisotopic (exact) mass is 503 g/mol. The van der Waals surface area contributed by atoms with Crippen molar-refractivity contribution in [2.24, 2.45) is 10.7 Å². The summed E-state index contributed by atoms with van der Waals surface area (Å²) in [4.78, 5) is 31.7. The lowest BCUT2D eigenvalue weighted by atomic mass is 9.99. The molecule has 9 heteroatoms. The van der Waals surface area contributed by atoms with Crippen molar-refractivity contribution >= 4 is 50.5 Å². The number of carbonyl (C=O) groups is 1. The second kappa shape index (κ2) is 11.3. The van der Waals surface area contributed by atoms with Crippen molar-refractivity contribution in [3.8, 4) is 0 Å². The van der Waals surface area contributed by atoms with Crippen molar-refractivity contribution in [3.05, 3.63) is 81.4 Å². The molecule has 0 spiro atoms. The van der Waals surface area contributed by atoms with E-state index in [1.54, 1.807) is 30.3 Å². The van der Waals surface area contributed by atoms with Crippen LogP contribution in [0.25, 0.3) is 16.0 Å². The quantitative estimate of drug-likeness (QED) is 0.378. The largest absolute Gasteiger partial charge is 0.439 e. The first-order valence-corrected chi connectivity index (χ1v) is 12.7. The van der Waals surface area contributed by atoms with Crippen molar-refractivity contribution < 1.29 is 9.21 Å². The van der Waals surface area contributed by atoms with Crippen LogP contribution in [0.5, 0.6) is 0 Å². The zero-order valence-electron chi connectivity index (χ0n) is 20.2. The van der Waals surface area contributed by atoms with Crippen LogP contribution in [0.4, 0.5) is 5.88 Å². The van der Waals surface area contributed by atoms with E-state index in [0.29, 0.717) is 33.0 Å². The van der Waals surface area contributed by atoms with Crippen molar-refractivity contribution in [3.63, 3.8) is 0 Å². The summed E-state index contributed by atoms with van der Waals surface area (Å²) < 4.78 is 6.81. The van der Waals surface area contributed by atoms with Crippen LogP contribution in [0, 0.1) is 5.41 Å². The second-order valence-corrected chi connectivity index (χ2v) is 9.24. The van der Waals surface area contributed by atoms with Crippen LogP contribution < -0.4 is 21.4 Å². The highest BCUT2D eigenvalue weighted by atomic mass is 32.1. The standard InChI is InChI=1S/C27H29N5O3S/c1-3-5-10-21(31-20(4-2)24(28)17-8-6-7-9-18(17)27(29)34)19-16-36-26-22(33)15-23(35-25(19)26)32-13-11-30-12-14-32/h4,6-10,15-16,28,30H,2-3,5,11-14H2,1H3,(H2,29,34)/b21-10-,28-24?,31-20?. The van der Waals surface area contributed by atoms with Gasteiger partial charge in [-0.15, -0.1) is 11.3 Å². The Kier molecular flexibility index (Phi) is 7.92. The minimum absolute atomic E-state index is 0.0318. The molecule has 0 radical (unpaired) electrons. The number of aliphatic imine (C=N–C) groups is 1. The summed E-state index contributed by atoms with van der Waals surface area (Å²) in [5, 5.41) is 13.9. The number of rotatable bonds is 9. The van der Waals surface area contributed by atoms with E-state index < -0.39 is 5.91 Å². The van der Waals surface area contributed by atoms with E-state index in [9.17, 15) is 9.59 Å². The molecule has 2 aromatic heterocycles. The summed E-state index contributed by atoms with van der Waals surface area (Å²) in [7, 11) is 0. The van der Waals surface area contributed by atoms with Gasteiger partial charge in [-0.05, 0) is 18.6 Å². The fourth-order valence-electron chi connectivity index (χ4n) is 4.03. The van der Waals surface area contributed by atoms with Gasteiger partial charge >= 0.3 is 0 Å². The summed E-state index contributed by atoms with van der Waals surface area (Å²) in [5.41, 5.74) is 8.13. The van der Waals surface area contributed by atoms with Gasteiger partial charge in [-0.2, -0.15) is 0 Å². The molecule has 0 aliphatic carbocycles. The number of thiophene rings is 1. The molecule has 0 atom stereocenters. The molecule has 1 aliphatic heterocycles. The van der Waals surface area contributed by atoms with E-state index in [2.05, 4.69) is 23.7 Å². The lowest BCUT2D eigenvalue weighted by Gasteiger charge is -2.27. The molecular weight excluding hydrogens is 474 g/mol. The molecule has 1 amide bonds. The highest BCUT2D eigenvalue weighted by Crippen LogP contribution is 2.33. The molecule has 1 aromatic carbocycles. The van der Waals surface area contributed by atoms with Gasteiger partial charge in [0.15, 0.2) is 11.5 Å². The number of nitrogens with two attached hydrogens (primary N) is 1. The Morgan fingerprint density at radius 1 is 1.28 bits per heavy atom. The summed E-state index contributed by atoms with van der Waals surface area (Å²) >= 11 is 1.32. The van der Waals surface area contributed by atoms with E-state index in [-0.39, 0.29) is 22.4 Å². The van der Waals surface area contributed by atoms with Gasteiger partial charge in [0.2, 0.25) is 11.3 Å². The van der Waals surface area contributed by atoms with Gasteiger partial charge in [-0.25, -0.2) is 4.99 Å². The summed E-state index contributed by atoms with van der Waals surface area (Å²) in [6, 6.07) is 8.24. The number of nitrogens with zero attached hydrogens (tertiary/aromatic N) is 2. The summed E-state index contributed by atoms with van der Waals surface area (Å²) in [5.74, 6) is -0.0777. The molecule has 0 unspecified atom stereocenters. The highest BCUT2D eigenvalue weighted by Gasteiger charge is 2.20. The van der Waals surface area contributed by atoms with Gasteiger partial charge in [0.25, 0.3) is 0 Å². The second-order valence-electron chi connectivity index (χ2n) is 8.36. The Morgan fingerprint density at radius 3 is 2.67 bits per heavy atom. The van der Waals surface area contributed by atoms with Gasteiger partial charge in [-0.1, -0.05) is 44.2 Å². The molecule has 3 aromatic rings. The number of benzene rings is 1. The van der Waals surface area contributed by atoms with E-state index in [4.69, 9.17) is 20.6 Å². The van der Waals surface area contributed by atoms with Crippen LogP contribution in [0.2, 0.25) is 0 Å². The number of primary amides is 1. The molecule has 0 bridgehead atoms. The first-order chi connectivity index (χ1) is 17.4. The predicted octanol–water partition coefficient (Wildman–Crippen LogP) is 4.20. The molecule has 4 rings (SSSR count). The fourth-order valence-corrected chi connectivity index (χ4v) is 4.93. The van der Waals surface area contributed by atoms with Crippen LogP contribution in [0.1, 0.15) is 41.3 Å². The van der Waals surface area contributed by atoms with Gasteiger partial charge in [0, 0.05) is 48.8 Å². The molecule has 4 N–H and O–H groups in total. The Labute approximate surface area is 213 Å². The minimum atomic E-state index is -0.619. The van der Waals surface area contributed by atoms with Crippen LogP contribution in [-0.4, -0.2) is 43.5 Å². The Balaban J connectivity index is 1.81. The molecule has 36 heavy (non-hydrogen) atoms. The van der Waals surface area contributed by atoms with Crippen LogP contribution >= 0.6 is 11.3 Å². The SMILES string of the molecule is C=CC(=N/C(=C\CCC)c1csc2c(=O)cc(N3CCNCC3)oc12)C(=N)c1ccccc1C(N)=O. The normalized spacial score (nSPS) is 14.8. The van der Waals surface area contributed by atoms with E-state index in [1.807, 2.05) is 11.5 Å². The minimum Gasteiger partial charge on any atom is -0.439 e. The first-order valence-electron chi connectivity index (χ1n) is 11.8. The number of carbonyl (C=O) groups excluding carboxylic acids is 1. The van der Waals surface area contributed by atoms with Crippen molar-refractivity contribution in [1.82, 2.24) is 5.32 Å². The van der Waals surface area contributed by atoms with Crippen LogP contribution in [0.15, 0.2) is 68.6 Å². The molecule has 0 saturated carbocycles. The molecule has 1 fully saturated rings. The number of unbranched alkanes of at least 4 members (excludes halogenated alkanes) is 1. The van der Waals surface area contributed by atoms with Gasteiger partial charge in [0.05, 0.1) is 22.7 Å². The molecule has 1 aliphatic rings. The van der Waals surface area contributed by atoms with Crippen molar-refractivity contribution in [1.29, 1.82) is 5.41 Å². The van der Waals surface area contributed by atoms with Gasteiger partial charge < -0.3 is 20.4 Å². The number of nitrogens with one attached hydrogen (secondary N) is 2. The number of anilines is 1. The zero-order valence-corrected chi connectivity index (χ0v) is 21.0. The third kappa shape index (κ3) is 5.22. The number of fused-ring (bicyclic) bond motifs is 1. The third-order valence-corrected chi connectivity index (χ3v) is 6.89. The summed E-state index contributed by atoms with van der Waals surface area (Å²) in [6.07, 6.45) is 5.09. The predicted molar refractivity (Wildman–Crippen MR) is 148 cm³/mol. The Hall–Kier alpha value is -3.82. The van der Waals surface area contributed by atoms with Crippen LogP contribution in [-0.2, 0) is 0 Å². The van der Waals surface area contributed by atoms with E-state index >= 15 is 0 Å². The van der Waals surface area contributed by atoms with Crippen LogP contribution in [0.3, 0.4) is 0 Å². The molecule has 186 valence electrons. The number of hydrogen-bond acceptors (Lipinski definition) is 8. The third-order valence-electron chi connectivity index (χ3n) is 5.91. The van der Waals surface area contributed by atoms with E-state index in [0.717, 1.165) is 39.0 Å². The Bertz CT molecular complexity index is 1430. The van der Waals surface area contributed by atoms with Crippen molar-refractivity contribution in [2.45, 2.75) is 19.8 Å². The number of hydrogen-bond donors (Lipinski definition) is 3. The van der Waals surface area contributed by atoms with Gasteiger partial charge in [0.1, 0.15) is 4.70 Å². The topological polar surface area (TPSA) is 125 Å². The number of allylic oxidation sites excluding steroid dienone is 2. The highest BCUT2D eigenvalue weighted by molar-refractivity contribution is 7.17. The first kappa shape index (κ1) is 25.3. The molecule has 3 heterocycles. The maximum absolute atomic E-state index is 12.9. The lowest BCUT2D eigenvalue weighted by molar-refractivity contribution is 0.1000. The van der Waals surface area contributed by atoms with E-state index in [1.165, 1.54) is 17.4 Å². The number of amides is 1. The molecular formula is C27H29N5O3S. The smallest absolute Gasteiger partial charge is 0.249 e. The zero-order chi connectivity index (χ0) is 25.7. The Morgan fingerprint density at radius 2 is 2.00 bits per heavy atom. The number of piperazine rings is 1. The summed E-state index contributed by atoms with van der Waals surface area (Å²) in [6.45, 7) is 9.06.